The van der Waals surface area contributed by atoms with Gasteiger partial charge in [0.15, 0.2) is 0 Å². The molecule has 1 aliphatic rings. The van der Waals surface area contributed by atoms with Crippen molar-refractivity contribution in [3.05, 3.63) is 35.9 Å². The first-order valence-corrected chi connectivity index (χ1v) is 11.8. The predicted octanol–water partition coefficient (Wildman–Crippen LogP) is 1.57. The van der Waals surface area contributed by atoms with Gasteiger partial charge in [0.05, 0.1) is 47.8 Å². The molecule has 1 aromatic carbocycles. The summed E-state index contributed by atoms with van der Waals surface area (Å²) < 4.78 is 0. The van der Waals surface area contributed by atoms with Crippen LogP contribution >= 0.6 is 0 Å². The fourth-order valence-electron chi connectivity index (χ4n) is 4.69. The van der Waals surface area contributed by atoms with Crippen molar-refractivity contribution in [3.63, 3.8) is 0 Å². The molecule has 0 spiro atoms. The van der Waals surface area contributed by atoms with E-state index < -0.39 is 0 Å². The highest BCUT2D eigenvalue weighted by Crippen LogP contribution is 2.41. The quantitative estimate of drug-likeness (QED) is 0.610. The Bertz CT molecular complexity index is 577. The largest absolute Gasteiger partial charge is 0.340 e. The third-order valence-corrected chi connectivity index (χ3v) is 6.53. The molecule has 0 radical (unpaired) electrons. The summed E-state index contributed by atoms with van der Waals surface area (Å²) in [4.78, 5) is 18.6. The third-order valence-electron chi connectivity index (χ3n) is 6.53. The fourth-order valence-corrected chi connectivity index (χ4v) is 4.69. The molecule has 2 rings (SSSR count). The Morgan fingerprint density at radius 2 is 1.45 bits per heavy atom. The average molecular weight is 404 g/mol. The highest BCUT2D eigenvalue weighted by Gasteiger charge is 2.35. The Balaban J connectivity index is 2.17. The van der Waals surface area contributed by atoms with Gasteiger partial charge in [-0.2, -0.15) is 0 Å². The van der Waals surface area contributed by atoms with Crippen molar-refractivity contribution >= 4 is 5.91 Å². The van der Waals surface area contributed by atoms with Gasteiger partial charge in [-0.3, -0.25) is 4.79 Å². The van der Waals surface area contributed by atoms with Crippen LogP contribution < -0.4 is 9.80 Å². The first kappa shape index (κ1) is 23.9. The molecule has 4 nitrogen and oxygen atoms in total. The summed E-state index contributed by atoms with van der Waals surface area (Å²) in [6.07, 6.45) is 10.5. The van der Waals surface area contributed by atoms with Crippen LogP contribution in [0.25, 0.3) is 0 Å². The average Bonchev–Trinajstić information content (AvgIpc) is 2.67. The first-order valence-electron chi connectivity index (χ1n) is 11.8. The van der Waals surface area contributed by atoms with Crippen LogP contribution in [0.4, 0.5) is 0 Å². The topological polar surface area (TPSA) is 29.2 Å². The van der Waals surface area contributed by atoms with E-state index in [1.807, 2.05) is 0 Å². The molecule has 0 saturated heterocycles. The lowest BCUT2D eigenvalue weighted by molar-refractivity contribution is -0.859. The Hall–Kier alpha value is -1.39. The van der Waals surface area contributed by atoms with Crippen molar-refractivity contribution in [1.29, 1.82) is 0 Å². The third kappa shape index (κ3) is 8.10. The molecule has 1 fully saturated rings. The van der Waals surface area contributed by atoms with Crippen LogP contribution in [0.15, 0.2) is 30.3 Å². The van der Waals surface area contributed by atoms with Crippen molar-refractivity contribution in [2.45, 2.75) is 63.2 Å². The van der Waals surface area contributed by atoms with Gasteiger partial charge in [0.25, 0.3) is 0 Å². The van der Waals surface area contributed by atoms with Gasteiger partial charge in [-0.1, -0.05) is 62.4 Å². The van der Waals surface area contributed by atoms with Gasteiger partial charge in [0, 0.05) is 24.8 Å². The number of carbonyl (C=O) groups is 1. The highest BCUT2D eigenvalue weighted by atomic mass is 16.2. The zero-order valence-corrected chi connectivity index (χ0v) is 19.4. The van der Waals surface area contributed by atoms with E-state index in [0.717, 1.165) is 45.4 Å². The minimum atomic E-state index is 0.0226. The maximum absolute atomic E-state index is 13.6. The predicted molar refractivity (Wildman–Crippen MR) is 122 cm³/mol. The van der Waals surface area contributed by atoms with Crippen molar-refractivity contribution in [2.75, 3.05) is 54.4 Å². The molecular weight excluding hydrogens is 358 g/mol. The van der Waals surface area contributed by atoms with E-state index >= 15 is 0 Å². The molecule has 0 heterocycles. The SMILES string of the molecule is C[NH+](C)CCCN(CC[NH+](C)C)C(=O)CC1(c2ccccc2)CCCCCCC1. The Morgan fingerprint density at radius 1 is 0.862 bits per heavy atom. The molecule has 0 atom stereocenters. The smallest absolute Gasteiger partial charge is 0.223 e. The Kier molecular flexibility index (Phi) is 10.2. The standard InChI is InChI=1S/C25H43N3O/c1-26(2)18-13-19-28(21-20-27(3)4)24(29)22-25(23-14-9-8-10-15-23)16-11-6-5-7-12-17-25/h8-10,14-15H,5-7,11-13,16-22H2,1-4H3/p+2. The van der Waals surface area contributed by atoms with Crippen molar-refractivity contribution < 1.29 is 14.6 Å². The normalized spacial score (nSPS) is 17.2. The zero-order chi connectivity index (χ0) is 21.1. The van der Waals surface area contributed by atoms with Crippen molar-refractivity contribution in [1.82, 2.24) is 4.90 Å². The monoisotopic (exact) mass is 403 g/mol. The second-order valence-corrected chi connectivity index (χ2v) is 9.74. The highest BCUT2D eigenvalue weighted by molar-refractivity contribution is 5.78. The second kappa shape index (κ2) is 12.3. The van der Waals surface area contributed by atoms with Gasteiger partial charge >= 0.3 is 0 Å². The van der Waals surface area contributed by atoms with Crippen molar-refractivity contribution in [3.8, 4) is 0 Å². The maximum Gasteiger partial charge on any atom is 0.223 e. The van der Waals surface area contributed by atoms with Gasteiger partial charge in [-0.25, -0.2) is 0 Å². The number of rotatable bonds is 10. The number of carbonyl (C=O) groups excluding carboxylic acids is 1. The van der Waals surface area contributed by atoms with Crippen LogP contribution in [0.2, 0.25) is 0 Å². The molecular formula is C25H45N3O+2. The number of nitrogens with zero attached hydrogens (tertiary/aromatic N) is 1. The fraction of sp³-hybridized carbons (Fsp3) is 0.720. The van der Waals surface area contributed by atoms with E-state index in [2.05, 4.69) is 63.4 Å². The Morgan fingerprint density at radius 3 is 2.03 bits per heavy atom. The second-order valence-electron chi connectivity index (χ2n) is 9.74. The summed E-state index contributed by atoms with van der Waals surface area (Å²) in [5.74, 6) is 0.365. The summed E-state index contributed by atoms with van der Waals surface area (Å²) in [5, 5.41) is 0. The van der Waals surface area contributed by atoms with E-state index in [0.29, 0.717) is 12.3 Å². The number of hydrogen-bond acceptors (Lipinski definition) is 1. The number of amides is 1. The summed E-state index contributed by atoms with van der Waals surface area (Å²) in [6, 6.07) is 10.9. The summed E-state index contributed by atoms with van der Waals surface area (Å²) in [7, 11) is 8.73. The first-order chi connectivity index (χ1) is 13.9. The lowest BCUT2D eigenvalue weighted by atomic mass is 9.69. The van der Waals surface area contributed by atoms with Crippen LogP contribution in [-0.2, 0) is 10.2 Å². The van der Waals surface area contributed by atoms with Gasteiger partial charge in [-0.05, 0) is 18.4 Å². The molecule has 1 aliphatic carbocycles. The van der Waals surface area contributed by atoms with Gasteiger partial charge in [0.1, 0.15) is 0 Å². The lowest BCUT2D eigenvalue weighted by Crippen LogP contribution is -3.06. The number of hydrogen-bond donors (Lipinski definition) is 2. The molecule has 29 heavy (non-hydrogen) atoms. The molecule has 1 saturated carbocycles. The van der Waals surface area contributed by atoms with E-state index in [9.17, 15) is 4.79 Å². The lowest BCUT2D eigenvalue weighted by Gasteiger charge is -2.37. The van der Waals surface area contributed by atoms with Gasteiger partial charge in [-0.15, -0.1) is 0 Å². The molecule has 164 valence electrons. The molecule has 0 bridgehead atoms. The number of likely N-dealkylation sites (N-methyl/N-ethyl adjacent to an activating group) is 1. The Labute approximate surface area is 179 Å². The molecule has 1 amide bonds. The van der Waals surface area contributed by atoms with Gasteiger partial charge < -0.3 is 14.7 Å². The van der Waals surface area contributed by atoms with Crippen LogP contribution in [0.1, 0.15) is 63.4 Å². The van der Waals surface area contributed by atoms with Crippen LogP contribution in [0, 0.1) is 0 Å². The minimum absolute atomic E-state index is 0.0226. The minimum Gasteiger partial charge on any atom is -0.340 e. The van der Waals surface area contributed by atoms with Gasteiger partial charge in [0.2, 0.25) is 5.91 Å². The molecule has 0 aliphatic heterocycles. The van der Waals surface area contributed by atoms with E-state index in [1.165, 1.54) is 47.5 Å². The summed E-state index contributed by atoms with van der Waals surface area (Å²) in [5.41, 5.74) is 1.40. The van der Waals surface area contributed by atoms with E-state index in [-0.39, 0.29) is 5.41 Å². The zero-order valence-electron chi connectivity index (χ0n) is 19.4. The number of benzene rings is 1. The molecule has 0 unspecified atom stereocenters. The van der Waals surface area contributed by atoms with Crippen molar-refractivity contribution in [2.24, 2.45) is 0 Å². The molecule has 2 N–H and O–H groups in total. The summed E-state index contributed by atoms with van der Waals surface area (Å²) in [6.45, 7) is 3.89. The number of quaternary nitrogens is 2. The number of nitrogens with one attached hydrogen (secondary N) is 2. The van der Waals surface area contributed by atoms with E-state index in [1.54, 1.807) is 0 Å². The van der Waals surface area contributed by atoms with Crippen LogP contribution in [0.5, 0.6) is 0 Å². The van der Waals surface area contributed by atoms with Crippen LogP contribution in [0.3, 0.4) is 0 Å². The molecule has 4 heteroatoms. The maximum atomic E-state index is 13.6. The molecule has 0 aromatic heterocycles. The summed E-state index contributed by atoms with van der Waals surface area (Å²) >= 11 is 0. The van der Waals surface area contributed by atoms with E-state index in [4.69, 9.17) is 0 Å². The molecule has 1 aromatic rings. The van der Waals surface area contributed by atoms with Crippen LogP contribution in [-0.4, -0.2) is 65.2 Å².